The number of halogens is 1. The Labute approximate surface area is 83.1 Å². The first kappa shape index (κ1) is 10.0. The predicted octanol–water partition coefficient (Wildman–Crippen LogP) is 1.15. The quantitative estimate of drug-likeness (QED) is 0.683. The lowest BCUT2D eigenvalue weighted by Gasteiger charge is -2.09. The molecule has 0 aromatic heterocycles. The number of aliphatic hydroxyl groups excluding tert-OH is 1. The third-order valence-corrected chi connectivity index (χ3v) is 2.31. The van der Waals surface area contributed by atoms with Crippen molar-refractivity contribution in [2.24, 2.45) is 0 Å². The van der Waals surface area contributed by atoms with Gasteiger partial charge in [0.25, 0.3) is 0 Å². The van der Waals surface area contributed by atoms with Crippen molar-refractivity contribution in [3.63, 3.8) is 0 Å². The highest BCUT2D eigenvalue weighted by atomic mass is 79.9. The molecule has 0 heterocycles. The van der Waals surface area contributed by atoms with E-state index in [1.165, 1.54) is 6.07 Å². The van der Waals surface area contributed by atoms with E-state index in [1.54, 1.807) is 12.1 Å². The molecule has 13 heavy (non-hydrogen) atoms. The average molecular weight is 246 g/mol. The van der Waals surface area contributed by atoms with Crippen LogP contribution in [0.15, 0.2) is 22.7 Å². The summed E-state index contributed by atoms with van der Waals surface area (Å²) in [6.07, 6.45) is -1.57. The second kappa shape index (κ2) is 3.76. The summed E-state index contributed by atoms with van der Waals surface area (Å²) in [5.74, 6) is -1.31. The molecule has 5 heteroatoms. The van der Waals surface area contributed by atoms with E-state index >= 15 is 0 Å². The molecule has 1 unspecified atom stereocenters. The summed E-state index contributed by atoms with van der Waals surface area (Å²) >= 11 is 3.13. The van der Waals surface area contributed by atoms with Gasteiger partial charge in [0.05, 0.1) is 5.69 Å². The van der Waals surface area contributed by atoms with Gasteiger partial charge in [-0.05, 0) is 22.0 Å². The van der Waals surface area contributed by atoms with Crippen molar-refractivity contribution in [2.45, 2.75) is 6.10 Å². The molecule has 0 aliphatic rings. The van der Waals surface area contributed by atoms with Gasteiger partial charge in [0.15, 0.2) is 6.10 Å². The Hall–Kier alpha value is -1.07. The number of aliphatic carboxylic acids is 1. The number of para-hydroxylation sites is 1. The van der Waals surface area contributed by atoms with Crippen LogP contribution in [0.5, 0.6) is 0 Å². The van der Waals surface area contributed by atoms with E-state index < -0.39 is 12.1 Å². The van der Waals surface area contributed by atoms with Gasteiger partial charge in [-0.2, -0.15) is 0 Å². The van der Waals surface area contributed by atoms with Crippen molar-refractivity contribution in [1.29, 1.82) is 0 Å². The molecular formula is C8H8BrNO3. The monoisotopic (exact) mass is 245 g/mol. The Morgan fingerprint density at radius 2 is 2.15 bits per heavy atom. The second-order valence-electron chi connectivity index (χ2n) is 2.48. The normalized spacial score (nSPS) is 12.5. The number of rotatable bonds is 2. The number of hydrogen-bond acceptors (Lipinski definition) is 3. The van der Waals surface area contributed by atoms with Crippen molar-refractivity contribution >= 4 is 27.6 Å². The Balaban J connectivity index is 3.15. The summed E-state index contributed by atoms with van der Waals surface area (Å²) in [5, 5.41) is 17.7. The molecular weight excluding hydrogens is 238 g/mol. The van der Waals surface area contributed by atoms with E-state index in [9.17, 15) is 9.90 Å². The SMILES string of the molecule is Nc1c(Br)cccc1C(O)C(=O)O. The molecule has 4 nitrogen and oxygen atoms in total. The molecule has 0 saturated carbocycles. The molecule has 0 fully saturated rings. The van der Waals surface area contributed by atoms with E-state index in [-0.39, 0.29) is 11.3 Å². The van der Waals surface area contributed by atoms with E-state index in [1.807, 2.05) is 0 Å². The van der Waals surface area contributed by atoms with Crippen molar-refractivity contribution in [3.8, 4) is 0 Å². The molecule has 1 atom stereocenters. The van der Waals surface area contributed by atoms with Gasteiger partial charge >= 0.3 is 5.97 Å². The Kier molecular flexibility index (Phi) is 2.90. The number of hydrogen-bond donors (Lipinski definition) is 3. The Morgan fingerprint density at radius 3 is 2.69 bits per heavy atom. The van der Waals surface area contributed by atoms with E-state index in [0.29, 0.717) is 4.47 Å². The maximum atomic E-state index is 10.4. The number of carboxylic acid groups (broad SMARTS) is 1. The smallest absolute Gasteiger partial charge is 0.337 e. The second-order valence-corrected chi connectivity index (χ2v) is 3.34. The summed E-state index contributed by atoms with van der Waals surface area (Å²) in [6, 6.07) is 4.76. The first-order valence-electron chi connectivity index (χ1n) is 3.48. The molecule has 1 aromatic rings. The molecule has 0 saturated heterocycles. The minimum atomic E-state index is -1.57. The van der Waals surface area contributed by atoms with Crippen molar-refractivity contribution in [2.75, 3.05) is 5.73 Å². The molecule has 0 aliphatic carbocycles. The van der Waals surface area contributed by atoms with Gasteiger partial charge in [-0.3, -0.25) is 0 Å². The standard InChI is InChI=1S/C8H8BrNO3/c9-5-3-1-2-4(6(5)10)7(11)8(12)13/h1-3,7,11H,10H2,(H,12,13). The number of aliphatic hydroxyl groups is 1. The number of benzene rings is 1. The molecule has 4 N–H and O–H groups in total. The Morgan fingerprint density at radius 1 is 1.54 bits per heavy atom. The maximum Gasteiger partial charge on any atom is 0.337 e. The number of nitrogens with two attached hydrogens (primary N) is 1. The minimum absolute atomic E-state index is 0.196. The molecule has 0 spiro atoms. The lowest BCUT2D eigenvalue weighted by Crippen LogP contribution is -2.12. The van der Waals surface area contributed by atoms with Crippen LogP contribution >= 0.6 is 15.9 Å². The van der Waals surface area contributed by atoms with Crippen LogP contribution in [0, 0.1) is 0 Å². The predicted molar refractivity (Wildman–Crippen MR) is 51.2 cm³/mol. The van der Waals surface area contributed by atoms with Crippen molar-refractivity contribution in [3.05, 3.63) is 28.2 Å². The number of nitrogen functional groups attached to an aromatic ring is 1. The van der Waals surface area contributed by atoms with Gasteiger partial charge < -0.3 is 15.9 Å². The van der Waals surface area contributed by atoms with Gasteiger partial charge in [-0.1, -0.05) is 12.1 Å². The van der Waals surface area contributed by atoms with Gasteiger partial charge in [0.2, 0.25) is 0 Å². The lowest BCUT2D eigenvalue weighted by molar-refractivity contribution is -0.146. The highest BCUT2D eigenvalue weighted by Crippen LogP contribution is 2.27. The molecule has 0 aliphatic heterocycles. The Bertz CT molecular complexity index is 340. The van der Waals surface area contributed by atoms with Gasteiger partial charge in [-0.15, -0.1) is 0 Å². The number of carboxylic acids is 1. The molecule has 0 radical (unpaired) electrons. The molecule has 70 valence electrons. The zero-order chi connectivity index (χ0) is 10.0. The highest BCUT2D eigenvalue weighted by Gasteiger charge is 2.19. The van der Waals surface area contributed by atoms with Crippen LogP contribution in [0.2, 0.25) is 0 Å². The largest absolute Gasteiger partial charge is 0.479 e. The van der Waals surface area contributed by atoms with E-state index in [2.05, 4.69) is 15.9 Å². The topological polar surface area (TPSA) is 83.5 Å². The third kappa shape index (κ3) is 1.99. The van der Waals surface area contributed by atoms with Gasteiger partial charge in [0, 0.05) is 10.0 Å². The highest BCUT2D eigenvalue weighted by molar-refractivity contribution is 9.10. The van der Waals surface area contributed by atoms with Crippen LogP contribution in [-0.4, -0.2) is 16.2 Å². The van der Waals surface area contributed by atoms with Crippen molar-refractivity contribution in [1.82, 2.24) is 0 Å². The van der Waals surface area contributed by atoms with Crippen LogP contribution in [-0.2, 0) is 4.79 Å². The van der Waals surface area contributed by atoms with Gasteiger partial charge in [-0.25, -0.2) is 4.79 Å². The lowest BCUT2D eigenvalue weighted by atomic mass is 10.1. The molecule has 1 aromatic carbocycles. The van der Waals surface area contributed by atoms with Crippen LogP contribution in [0.4, 0.5) is 5.69 Å². The fraction of sp³-hybridized carbons (Fsp3) is 0.125. The summed E-state index contributed by atoms with van der Waals surface area (Å²) in [5.41, 5.74) is 5.99. The molecule has 0 amide bonds. The fourth-order valence-electron chi connectivity index (χ4n) is 0.925. The molecule has 1 rings (SSSR count). The fourth-order valence-corrected chi connectivity index (χ4v) is 1.31. The summed E-state index contributed by atoms with van der Waals surface area (Å²) in [7, 11) is 0. The van der Waals surface area contributed by atoms with Crippen molar-refractivity contribution < 1.29 is 15.0 Å². The molecule has 0 bridgehead atoms. The summed E-state index contributed by atoms with van der Waals surface area (Å²) in [4.78, 5) is 10.4. The van der Waals surface area contributed by atoms with Crippen LogP contribution in [0.25, 0.3) is 0 Å². The summed E-state index contributed by atoms with van der Waals surface area (Å²) in [6.45, 7) is 0. The van der Waals surface area contributed by atoms with Gasteiger partial charge in [0.1, 0.15) is 0 Å². The zero-order valence-corrected chi connectivity index (χ0v) is 8.15. The number of anilines is 1. The summed E-state index contributed by atoms with van der Waals surface area (Å²) < 4.78 is 0.574. The number of carbonyl (C=O) groups is 1. The van der Waals surface area contributed by atoms with Crippen LogP contribution in [0.3, 0.4) is 0 Å². The zero-order valence-electron chi connectivity index (χ0n) is 6.57. The van der Waals surface area contributed by atoms with Crippen LogP contribution < -0.4 is 5.73 Å². The first-order valence-corrected chi connectivity index (χ1v) is 4.28. The van der Waals surface area contributed by atoms with Crippen LogP contribution in [0.1, 0.15) is 11.7 Å². The minimum Gasteiger partial charge on any atom is -0.479 e. The van der Waals surface area contributed by atoms with E-state index in [4.69, 9.17) is 10.8 Å². The maximum absolute atomic E-state index is 10.4. The van der Waals surface area contributed by atoms with E-state index in [0.717, 1.165) is 0 Å². The first-order chi connectivity index (χ1) is 6.04. The third-order valence-electron chi connectivity index (χ3n) is 1.62. The average Bonchev–Trinajstić information content (AvgIpc) is 2.08.